The van der Waals surface area contributed by atoms with Gasteiger partial charge in [0.15, 0.2) is 0 Å². The van der Waals surface area contributed by atoms with Crippen molar-refractivity contribution in [3.63, 3.8) is 0 Å². The van der Waals surface area contributed by atoms with Crippen molar-refractivity contribution in [3.8, 4) is 5.75 Å². The minimum Gasteiger partial charge on any atom is -0.434 e. The van der Waals surface area contributed by atoms with E-state index in [4.69, 9.17) is 5.84 Å². The lowest BCUT2D eigenvalue weighted by Gasteiger charge is -2.19. The van der Waals surface area contributed by atoms with Crippen molar-refractivity contribution in [1.82, 2.24) is 5.43 Å². The Balaban J connectivity index is 2.10. The fraction of sp³-hybridized carbons (Fsp3) is 0.250. The van der Waals surface area contributed by atoms with Crippen LogP contribution in [-0.2, 0) is 6.42 Å². The van der Waals surface area contributed by atoms with Crippen LogP contribution in [-0.4, -0.2) is 6.61 Å². The SMILES string of the molecule is NNC(CCc1ccccc1)c1ccccc1OC(F)F. The molecular formula is C16H18F2N2O. The van der Waals surface area contributed by atoms with Crippen molar-refractivity contribution >= 4 is 0 Å². The van der Waals surface area contributed by atoms with Gasteiger partial charge in [0.1, 0.15) is 5.75 Å². The molecule has 2 aromatic carbocycles. The third-order valence-electron chi connectivity index (χ3n) is 3.28. The van der Waals surface area contributed by atoms with Crippen LogP contribution in [0.1, 0.15) is 23.6 Å². The summed E-state index contributed by atoms with van der Waals surface area (Å²) in [6.07, 6.45) is 1.48. The summed E-state index contributed by atoms with van der Waals surface area (Å²) < 4.78 is 29.4. The van der Waals surface area contributed by atoms with E-state index < -0.39 is 6.61 Å². The first-order chi connectivity index (χ1) is 10.2. The number of hydrogen-bond donors (Lipinski definition) is 2. The highest BCUT2D eigenvalue weighted by molar-refractivity contribution is 5.36. The molecule has 2 aromatic rings. The molecule has 2 rings (SSSR count). The van der Waals surface area contributed by atoms with Gasteiger partial charge < -0.3 is 4.74 Å². The Labute approximate surface area is 122 Å². The van der Waals surface area contributed by atoms with Gasteiger partial charge in [0.25, 0.3) is 0 Å². The van der Waals surface area contributed by atoms with Crippen molar-refractivity contribution in [1.29, 1.82) is 0 Å². The predicted octanol–water partition coefficient (Wildman–Crippen LogP) is 3.43. The minimum atomic E-state index is -2.85. The Hall–Kier alpha value is -1.98. The number of ether oxygens (including phenoxy) is 1. The minimum absolute atomic E-state index is 0.156. The molecule has 112 valence electrons. The van der Waals surface area contributed by atoms with Gasteiger partial charge in [-0.3, -0.25) is 11.3 Å². The predicted molar refractivity (Wildman–Crippen MR) is 77.9 cm³/mol. The van der Waals surface area contributed by atoms with Crippen LogP contribution in [0.2, 0.25) is 0 Å². The third kappa shape index (κ3) is 4.51. The second kappa shape index (κ2) is 7.71. The van der Waals surface area contributed by atoms with E-state index in [9.17, 15) is 8.78 Å². The van der Waals surface area contributed by atoms with E-state index in [0.717, 1.165) is 6.42 Å². The lowest BCUT2D eigenvalue weighted by Crippen LogP contribution is -2.29. The molecule has 0 spiro atoms. The quantitative estimate of drug-likeness (QED) is 0.607. The summed E-state index contributed by atoms with van der Waals surface area (Å²) in [4.78, 5) is 0. The summed E-state index contributed by atoms with van der Waals surface area (Å²) in [5.74, 6) is 5.73. The monoisotopic (exact) mass is 292 g/mol. The van der Waals surface area contributed by atoms with E-state index in [0.29, 0.717) is 12.0 Å². The van der Waals surface area contributed by atoms with E-state index in [1.54, 1.807) is 18.2 Å². The maximum Gasteiger partial charge on any atom is 0.387 e. The first-order valence-electron chi connectivity index (χ1n) is 6.74. The highest BCUT2D eigenvalue weighted by atomic mass is 19.3. The number of benzene rings is 2. The number of para-hydroxylation sites is 1. The molecule has 0 amide bonds. The zero-order valence-electron chi connectivity index (χ0n) is 11.5. The lowest BCUT2D eigenvalue weighted by atomic mass is 9.99. The van der Waals surface area contributed by atoms with Crippen LogP contribution in [0.3, 0.4) is 0 Å². The van der Waals surface area contributed by atoms with Crippen LogP contribution >= 0.6 is 0 Å². The number of aryl methyl sites for hydroxylation is 1. The van der Waals surface area contributed by atoms with Crippen molar-refractivity contribution in [3.05, 3.63) is 65.7 Å². The highest BCUT2D eigenvalue weighted by Gasteiger charge is 2.17. The zero-order valence-corrected chi connectivity index (χ0v) is 11.5. The van der Waals surface area contributed by atoms with E-state index in [-0.39, 0.29) is 11.8 Å². The standard InChI is InChI=1S/C16H18F2N2O/c17-16(18)21-15-9-5-4-8-13(15)14(20-19)11-10-12-6-2-1-3-7-12/h1-9,14,16,20H,10-11,19H2. The molecule has 0 heterocycles. The largest absolute Gasteiger partial charge is 0.434 e. The summed E-state index contributed by atoms with van der Waals surface area (Å²) in [7, 11) is 0. The van der Waals surface area contributed by atoms with Gasteiger partial charge in [0.05, 0.1) is 0 Å². The molecule has 0 radical (unpaired) electrons. The number of alkyl halides is 2. The van der Waals surface area contributed by atoms with Gasteiger partial charge in [-0.2, -0.15) is 8.78 Å². The van der Waals surface area contributed by atoms with Crippen molar-refractivity contribution in [2.45, 2.75) is 25.5 Å². The van der Waals surface area contributed by atoms with Crippen LogP contribution in [0.4, 0.5) is 8.78 Å². The van der Waals surface area contributed by atoms with Gasteiger partial charge >= 0.3 is 6.61 Å². The van der Waals surface area contributed by atoms with Crippen molar-refractivity contribution in [2.75, 3.05) is 0 Å². The normalized spacial score (nSPS) is 12.4. The molecule has 21 heavy (non-hydrogen) atoms. The molecule has 0 saturated heterocycles. The van der Waals surface area contributed by atoms with Crippen LogP contribution in [0.5, 0.6) is 5.75 Å². The summed E-state index contributed by atoms with van der Waals surface area (Å²) in [6.45, 7) is -2.85. The Morgan fingerprint density at radius 1 is 1.00 bits per heavy atom. The van der Waals surface area contributed by atoms with Crippen LogP contribution in [0.15, 0.2) is 54.6 Å². The molecule has 5 heteroatoms. The van der Waals surface area contributed by atoms with Gasteiger partial charge in [-0.15, -0.1) is 0 Å². The number of rotatable bonds is 7. The van der Waals surface area contributed by atoms with E-state index in [2.05, 4.69) is 10.2 Å². The van der Waals surface area contributed by atoms with Gasteiger partial charge in [0, 0.05) is 11.6 Å². The fourth-order valence-corrected chi connectivity index (χ4v) is 2.26. The summed E-state index contributed by atoms with van der Waals surface area (Å²) in [6, 6.07) is 16.4. The second-order valence-electron chi connectivity index (χ2n) is 4.66. The average Bonchev–Trinajstić information content (AvgIpc) is 2.50. The van der Waals surface area contributed by atoms with Crippen molar-refractivity contribution < 1.29 is 13.5 Å². The Morgan fingerprint density at radius 3 is 2.33 bits per heavy atom. The molecule has 1 atom stereocenters. The topological polar surface area (TPSA) is 47.3 Å². The molecule has 0 aliphatic heterocycles. The van der Waals surface area contributed by atoms with Gasteiger partial charge in [-0.25, -0.2) is 0 Å². The molecule has 3 nitrogen and oxygen atoms in total. The Bertz CT molecular complexity index is 549. The van der Waals surface area contributed by atoms with Crippen LogP contribution < -0.4 is 16.0 Å². The molecule has 3 N–H and O–H groups in total. The second-order valence-corrected chi connectivity index (χ2v) is 4.66. The number of hydrazine groups is 1. The van der Waals surface area contributed by atoms with Gasteiger partial charge in [0.2, 0.25) is 0 Å². The molecule has 0 aliphatic rings. The van der Waals surface area contributed by atoms with Crippen molar-refractivity contribution in [2.24, 2.45) is 5.84 Å². The maximum atomic E-state index is 12.4. The fourth-order valence-electron chi connectivity index (χ4n) is 2.26. The highest BCUT2D eigenvalue weighted by Crippen LogP contribution is 2.28. The van der Waals surface area contributed by atoms with Gasteiger partial charge in [-0.1, -0.05) is 48.5 Å². The van der Waals surface area contributed by atoms with Gasteiger partial charge in [-0.05, 0) is 24.5 Å². The summed E-state index contributed by atoms with van der Waals surface area (Å²) >= 11 is 0. The number of hydrogen-bond acceptors (Lipinski definition) is 3. The first-order valence-corrected chi connectivity index (χ1v) is 6.74. The summed E-state index contributed by atoms with van der Waals surface area (Å²) in [5, 5.41) is 0. The number of nitrogens with two attached hydrogens (primary N) is 1. The number of nitrogens with one attached hydrogen (secondary N) is 1. The molecule has 1 unspecified atom stereocenters. The van der Waals surface area contributed by atoms with E-state index >= 15 is 0 Å². The smallest absolute Gasteiger partial charge is 0.387 e. The van der Waals surface area contributed by atoms with E-state index in [1.807, 2.05) is 30.3 Å². The average molecular weight is 292 g/mol. The maximum absolute atomic E-state index is 12.4. The summed E-state index contributed by atoms with van der Waals surface area (Å²) in [5.41, 5.74) is 4.48. The molecule has 0 bridgehead atoms. The van der Waals surface area contributed by atoms with E-state index in [1.165, 1.54) is 11.6 Å². The molecule has 0 fully saturated rings. The molecule has 0 saturated carbocycles. The third-order valence-corrected chi connectivity index (χ3v) is 3.28. The first kappa shape index (κ1) is 15.4. The number of halogens is 2. The molecule has 0 aliphatic carbocycles. The molecular weight excluding hydrogens is 274 g/mol. The van der Waals surface area contributed by atoms with Crippen LogP contribution in [0.25, 0.3) is 0 Å². The lowest BCUT2D eigenvalue weighted by molar-refractivity contribution is -0.0507. The van der Waals surface area contributed by atoms with Crippen LogP contribution in [0, 0.1) is 0 Å². The Kier molecular flexibility index (Phi) is 5.66. The molecule has 0 aromatic heterocycles. The zero-order chi connectivity index (χ0) is 15.1. The Morgan fingerprint density at radius 2 is 1.67 bits per heavy atom.